The Morgan fingerprint density at radius 3 is 2.39 bits per heavy atom. The molecule has 0 bridgehead atoms. The molecular weight excluding hydrogens is 444 g/mol. The molecular formula is C33H58O3. The van der Waals surface area contributed by atoms with Gasteiger partial charge in [-0.2, -0.15) is 0 Å². The van der Waals surface area contributed by atoms with Crippen LogP contribution in [0.2, 0.25) is 0 Å². The summed E-state index contributed by atoms with van der Waals surface area (Å²) in [6.45, 7) is 21.0. The summed E-state index contributed by atoms with van der Waals surface area (Å²) in [6, 6.07) is 0. The van der Waals surface area contributed by atoms with E-state index in [2.05, 4.69) is 40.3 Å². The molecule has 6 atom stereocenters. The van der Waals surface area contributed by atoms with E-state index >= 15 is 0 Å². The maximum atomic E-state index is 9.95. The summed E-state index contributed by atoms with van der Waals surface area (Å²) >= 11 is 0. The second-order valence-corrected chi connectivity index (χ2v) is 12.2. The van der Waals surface area contributed by atoms with Crippen LogP contribution in [-0.4, -0.2) is 22.3 Å². The highest BCUT2D eigenvalue weighted by Crippen LogP contribution is 2.71. The van der Waals surface area contributed by atoms with Crippen LogP contribution in [0.3, 0.4) is 0 Å². The Bertz CT molecular complexity index is 813. The molecule has 0 aromatic rings. The number of hydrogen-bond donors (Lipinski definition) is 2. The smallest absolute Gasteiger partial charge is 0.300 e. The summed E-state index contributed by atoms with van der Waals surface area (Å²) in [4.78, 5) is 9.00. The number of fused-ring (bicyclic) bond motifs is 2. The van der Waals surface area contributed by atoms with Gasteiger partial charge in [-0.05, 0) is 117 Å². The number of rotatable bonds is 8. The average Bonchev–Trinajstić information content (AvgIpc) is 3.09. The zero-order valence-corrected chi connectivity index (χ0v) is 24.0. The van der Waals surface area contributed by atoms with E-state index in [-0.39, 0.29) is 13.5 Å². The summed E-state index contributed by atoms with van der Waals surface area (Å²) in [5.74, 6) is 2.24. The molecule has 0 aliphatic heterocycles. The van der Waals surface area contributed by atoms with Crippen molar-refractivity contribution in [1.82, 2.24) is 0 Å². The van der Waals surface area contributed by atoms with Gasteiger partial charge in [-0.15, -0.1) is 0 Å². The summed E-state index contributed by atoms with van der Waals surface area (Å²) in [7, 11) is 0. The lowest BCUT2D eigenvalue weighted by Gasteiger charge is -2.63. The summed E-state index contributed by atoms with van der Waals surface area (Å²) in [6.07, 6.45) is 15.2. The highest BCUT2D eigenvalue weighted by atomic mass is 16.4. The van der Waals surface area contributed by atoms with Gasteiger partial charge in [-0.1, -0.05) is 72.8 Å². The molecule has 0 aromatic carbocycles. The highest BCUT2D eigenvalue weighted by Gasteiger charge is 2.60. The van der Waals surface area contributed by atoms with Crippen molar-refractivity contribution in [1.29, 1.82) is 0 Å². The molecule has 3 nitrogen and oxygen atoms in total. The van der Waals surface area contributed by atoms with Gasteiger partial charge < -0.3 is 10.2 Å². The molecule has 0 saturated heterocycles. The summed E-state index contributed by atoms with van der Waals surface area (Å²) in [5, 5.41) is 17.4. The van der Waals surface area contributed by atoms with E-state index in [0.717, 1.165) is 31.1 Å². The number of carboxylic acid groups (broad SMARTS) is 1. The van der Waals surface area contributed by atoms with Crippen LogP contribution in [0.4, 0.5) is 0 Å². The van der Waals surface area contributed by atoms with Gasteiger partial charge in [0, 0.05) is 6.92 Å². The number of hydrogen-bond acceptors (Lipinski definition) is 2. The van der Waals surface area contributed by atoms with Gasteiger partial charge in [0.15, 0.2) is 0 Å². The first-order valence-corrected chi connectivity index (χ1v) is 14.4. The molecule has 0 radical (unpaired) electrons. The van der Waals surface area contributed by atoms with Crippen molar-refractivity contribution < 1.29 is 15.0 Å². The van der Waals surface area contributed by atoms with E-state index in [1.807, 2.05) is 26.3 Å². The minimum atomic E-state index is -0.833. The van der Waals surface area contributed by atoms with Crippen LogP contribution < -0.4 is 0 Å². The van der Waals surface area contributed by atoms with Crippen molar-refractivity contribution in [3.05, 3.63) is 34.9 Å². The number of aliphatic carboxylic acids is 1. The first kappa shape index (κ1) is 32.7. The van der Waals surface area contributed by atoms with E-state index < -0.39 is 5.97 Å². The van der Waals surface area contributed by atoms with E-state index in [1.165, 1.54) is 63.4 Å². The molecule has 0 heterocycles. The van der Waals surface area contributed by atoms with Gasteiger partial charge in [-0.3, -0.25) is 4.79 Å². The monoisotopic (exact) mass is 502 g/mol. The third-order valence-electron chi connectivity index (χ3n) is 9.64. The van der Waals surface area contributed by atoms with Crippen molar-refractivity contribution in [3.8, 4) is 0 Å². The van der Waals surface area contributed by atoms with Gasteiger partial charge in [0.2, 0.25) is 0 Å². The second kappa shape index (κ2) is 13.4. The molecule has 4 aliphatic carbocycles. The Morgan fingerprint density at radius 2 is 1.83 bits per heavy atom. The standard InChI is InChI=1S/C28H44O.C2H4O2.C2H6.CH4/c1-18(2)19(3)8-7-9-23-11-13-25-24-12-10-20(4)28(15-14-21(5)29)17-22(26(24)28)16-27(23,25)6;1-2(3)4;1-2;/h13,18,20-23,29H,3,7-12,14-17H2,1-2,4-6H3;1H3,(H,3,4);1-2H3;1H4/t20?,21?,22?,23?,27-,28-;;;/m1.../s1. The second-order valence-electron chi connectivity index (χ2n) is 12.2. The summed E-state index contributed by atoms with van der Waals surface area (Å²) in [5.41, 5.74) is 7.66. The van der Waals surface area contributed by atoms with Crippen LogP contribution in [-0.2, 0) is 4.79 Å². The minimum Gasteiger partial charge on any atom is -0.481 e. The Kier molecular flexibility index (Phi) is 12.2. The van der Waals surface area contributed by atoms with E-state index in [1.54, 1.807) is 11.1 Å². The third kappa shape index (κ3) is 6.55. The molecule has 4 rings (SSSR count). The fourth-order valence-electron chi connectivity index (χ4n) is 7.65. The zero-order valence-electron chi connectivity index (χ0n) is 24.0. The Morgan fingerprint density at radius 1 is 1.22 bits per heavy atom. The Balaban J connectivity index is 0.000000845. The van der Waals surface area contributed by atoms with Gasteiger partial charge in [0.05, 0.1) is 6.10 Å². The maximum absolute atomic E-state index is 9.95. The molecule has 4 aliphatic rings. The predicted octanol–water partition coefficient (Wildman–Crippen LogP) is 9.37. The van der Waals surface area contributed by atoms with Crippen LogP contribution in [0.5, 0.6) is 0 Å². The van der Waals surface area contributed by atoms with Gasteiger partial charge >= 0.3 is 0 Å². The van der Waals surface area contributed by atoms with Crippen molar-refractivity contribution in [2.75, 3.05) is 0 Å². The van der Waals surface area contributed by atoms with E-state index in [0.29, 0.717) is 16.7 Å². The Hall–Kier alpha value is -1.35. The van der Waals surface area contributed by atoms with Crippen molar-refractivity contribution in [3.63, 3.8) is 0 Å². The lowest BCUT2D eigenvalue weighted by Crippen LogP contribution is -2.53. The molecule has 0 amide bonds. The number of carbonyl (C=O) groups is 1. The fraction of sp³-hybridized carbons (Fsp3) is 0.788. The average molecular weight is 503 g/mol. The molecule has 2 N–H and O–H groups in total. The zero-order chi connectivity index (χ0) is 26.6. The van der Waals surface area contributed by atoms with E-state index in [9.17, 15) is 5.11 Å². The van der Waals surface area contributed by atoms with Gasteiger partial charge in [0.25, 0.3) is 5.97 Å². The predicted molar refractivity (Wildman–Crippen MR) is 155 cm³/mol. The van der Waals surface area contributed by atoms with E-state index in [4.69, 9.17) is 9.90 Å². The first-order valence-electron chi connectivity index (χ1n) is 14.4. The van der Waals surface area contributed by atoms with Gasteiger partial charge in [-0.25, -0.2) is 0 Å². The maximum Gasteiger partial charge on any atom is 0.300 e. The van der Waals surface area contributed by atoms with Crippen LogP contribution >= 0.6 is 0 Å². The number of aliphatic hydroxyl groups is 1. The Labute approximate surface area is 223 Å². The van der Waals surface area contributed by atoms with Crippen LogP contribution in [0.25, 0.3) is 0 Å². The SMILES string of the molecule is C.C=C(CCCC1CC=C2C3=C4C(C[C@]4(CCC(C)O)C(C)CC3)C[C@@]21C)C(C)C.CC.CC(=O)O. The van der Waals surface area contributed by atoms with Crippen molar-refractivity contribution in [2.24, 2.45) is 34.5 Å². The van der Waals surface area contributed by atoms with Crippen LogP contribution in [0.15, 0.2) is 34.9 Å². The van der Waals surface area contributed by atoms with Crippen molar-refractivity contribution in [2.45, 2.75) is 133 Å². The van der Waals surface area contributed by atoms with Gasteiger partial charge in [0.1, 0.15) is 0 Å². The topological polar surface area (TPSA) is 57.5 Å². The minimum absolute atomic E-state index is 0. The van der Waals surface area contributed by atoms with Crippen LogP contribution in [0, 0.1) is 34.5 Å². The molecule has 0 spiro atoms. The van der Waals surface area contributed by atoms with Crippen LogP contribution in [0.1, 0.15) is 127 Å². The molecule has 1 fully saturated rings. The molecule has 1 saturated carbocycles. The lowest BCUT2D eigenvalue weighted by molar-refractivity contribution is -0.134. The summed E-state index contributed by atoms with van der Waals surface area (Å²) < 4.78 is 0. The number of allylic oxidation sites excluding steroid dienone is 5. The molecule has 4 unspecified atom stereocenters. The molecule has 0 aromatic heterocycles. The number of carboxylic acids is 1. The normalized spacial score (nSPS) is 32.3. The molecule has 36 heavy (non-hydrogen) atoms. The number of aliphatic hydroxyl groups excluding tert-OH is 1. The fourth-order valence-corrected chi connectivity index (χ4v) is 7.65. The third-order valence-corrected chi connectivity index (χ3v) is 9.64. The lowest BCUT2D eigenvalue weighted by atomic mass is 9.41. The molecule has 3 heteroatoms. The quantitative estimate of drug-likeness (QED) is 0.325. The first-order chi connectivity index (χ1) is 16.4. The largest absolute Gasteiger partial charge is 0.481 e. The van der Waals surface area contributed by atoms with Crippen molar-refractivity contribution >= 4 is 5.97 Å². The molecule has 208 valence electrons. The highest BCUT2D eigenvalue weighted by molar-refractivity contribution is 5.63.